The fourth-order valence-electron chi connectivity index (χ4n) is 7.69. The minimum Gasteiger partial charge on any atom is -0.497 e. The van der Waals surface area contributed by atoms with Crippen molar-refractivity contribution in [1.29, 1.82) is 0 Å². The number of methoxy groups -OCH3 is 3. The lowest BCUT2D eigenvalue weighted by Gasteiger charge is -2.40. The Bertz CT molecular complexity index is 1820. The summed E-state index contributed by atoms with van der Waals surface area (Å²) in [6.07, 6.45) is 15.4. The zero-order valence-electron chi connectivity index (χ0n) is 25.6. The van der Waals surface area contributed by atoms with Gasteiger partial charge in [-0.05, 0) is 89.2 Å². The van der Waals surface area contributed by atoms with Gasteiger partial charge in [0.1, 0.15) is 11.5 Å². The average molecular weight is 571 g/mol. The van der Waals surface area contributed by atoms with Gasteiger partial charge in [0.15, 0.2) is 17.1 Å². The minimum absolute atomic E-state index is 0.130. The molecule has 0 amide bonds. The number of hydrogen-bond acceptors (Lipinski definition) is 4. The van der Waals surface area contributed by atoms with Crippen LogP contribution in [0.1, 0.15) is 61.8 Å². The first kappa shape index (κ1) is 27.4. The fourth-order valence-corrected chi connectivity index (χ4v) is 7.69. The molecule has 1 aliphatic heterocycles. The van der Waals surface area contributed by atoms with E-state index in [1.54, 1.807) is 21.3 Å². The van der Waals surface area contributed by atoms with Gasteiger partial charge in [0.2, 0.25) is 0 Å². The molecular formula is C39H38O4. The van der Waals surface area contributed by atoms with Gasteiger partial charge in [-0.15, -0.1) is 0 Å². The van der Waals surface area contributed by atoms with Crippen LogP contribution in [0.2, 0.25) is 0 Å². The summed E-state index contributed by atoms with van der Waals surface area (Å²) in [4.78, 5) is 0. The molecule has 1 unspecified atom stereocenters. The van der Waals surface area contributed by atoms with Crippen LogP contribution in [0, 0.1) is 0 Å². The van der Waals surface area contributed by atoms with Crippen molar-refractivity contribution >= 4 is 16.8 Å². The molecule has 0 radical (unpaired) electrons. The quantitative estimate of drug-likeness (QED) is 0.222. The largest absolute Gasteiger partial charge is 0.497 e. The maximum Gasteiger partial charge on any atom is 0.177 e. The first-order chi connectivity index (χ1) is 21.0. The minimum atomic E-state index is -0.795. The van der Waals surface area contributed by atoms with E-state index >= 15 is 0 Å². The SMILES string of the molecule is CCC1(CC)c2ccccc2-c2c1c1c(c3cc(OC)c(OC)cc23)OC(C2=CCCC=C2)(c2ccc(OC)cc2)C=C1. The number of benzene rings is 4. The van der Waals surface area contributed by atoms with E-state index in [0.717, 1.165) is 64.7 Å². The Kier molecular flexibility index (Phi) is 6.61. The zero-order valence-corrected chi connectivity index (χ0v) is 25.6. The molecule has 4 aromatic rings. The van der Waals surface area contributed by atoms with Gasteiger partial charge in [-0.1, -0.05) is 74.5 Å². The summed E-state index contributed by atoms with van der Waals surface area (Å²) in [6.45, 7) is 4.63. The van der Waals surface area contributed by atoms with Gasteiger partial charge in [0.25, 0.3) is 0 Å². The van der Waals surface area contributed by atoms with E-state index in [4.69, 9.17) is 18.9 Å². The second-order valence-corrected chi connectivity index (χ2v) is 11.6. The van der Waals surface area contributed by atoms with Gasteiger partial charge in [0.05, 0.1) is 21.3 Å². The highest BCUT2D eigenvalue weighted by Gasteiger charge is 2.47. The first-order valence-corrected chi connectivity index (χ1v) is 15.3. The lowest BCUT2D eigenvalue weighted by atomic mass is 9.71. The summed E-state index contributed by atoms with van der Waals surface area (Å²) in [5, 5.41) is 2.14. The molecule has 43 heavy (non-hydrogen) atoms. The van der Waals surface area contributed by atoms with Crippen molar-refractivity contribution in [2.45, 2.75) is 50.5 Å². The zero-order chi connectivity index (χ0) is 29.8. The predicted molar refractivity (Wildman–Crippen MR) is 175 cm³/mol. The molecule has 0 N–H and O–H groups in total. The Morgan fingerprint density at radius 3 is 2.16 bits per heavy atom. The molecule has 0 spiro atoms. The van der Waals surface area contributed by atoms with Crippen LogP contribution in [0.3, 0.4) is 0 Å². The third-order valence-corrected chi connectivity index (χ3v) is 9.89. The average Bonchev–Trinajstić information content (AvgIpc) is 3.38. The van der Waals surface area contributed by atoms with Crippen molar-refractivity contribution in [2.75, 3.05) is 21.3 Å². The predicted octanol–water partition coefficient (Wildman–Crippen LogP) is 9.53. The summed E-state index contributed by atoms with van der Waals surface area (Å²) in [5.74, 6) is 3.10. The van der Waals surface area contributed by atoms with Crippen LogP contribution >= 0.6 is 0 Å². The highest BCUT2D eigenvalue weighted by atomic mass is 16.5. The summed E-state index contributed by atoms with van der Waals surface area (Å²) >= 11 is 0. The van der Waals surface area contributed by atoms with Gasteiger partial charge < -0.3 is 18.9 Å². The van der Waals surface area contributed by atoms with Crippen molar-refractivity contribution in [3.63, 3.8) is 0 Å². The smallest absolute Gasteiger partial charge is 0.177 e. The molecule has 4 heteroatoms. The van der Waals surface area contributed by atoms with E-state index < -0.39 is 5.60 Å². The topological polar surface area (TPSA) is 36.9 Å². The Labute approximate surface area is 254 Å². The molecule has 0 saturated carbocycles. The fraction of sp³-hybridized carbons (Fsp3) is 0.282. The highest BCUT2D eigenvalue weighted by Crippen LogP contribution is 2.61. The van der Waals surface area contributed by atoms with Crippen LogP contribution in [0.25, 0.3) is 28.0 Å². The van der Waals surface area contributed by atoms with E-state index in [-0.39, 0.29) is 5.41 Å². The summed E-state index contributed by atoms with van der Waals surface area (Å²) in [7, 11) is 5.09. The van der Waals surface area contributed by atoms with Crippen molar-refractivity contribution < 1.29 is 18.9 Å². The van der Waals surface area contributed by atoms with E-state index in [9.17, 15) is 0 Å². The lowest BCUT2D eigenvalue weighted by molar-refractivity contribution is 0.161. The van der Waals surface area contributed by atoms with Gasteiger partial charge in [-0.3, -0.25) is 0 Å². The lowest BCUT2D eigenvalue weighted by Crippen LogP contribution is -2.36. The molecule has 0 aromatic heterocycles. The Morgan fingerprint density at radius 2 is 1.51 bits per heavy atom. The van der Waals surface area contributed by atoms with Crippen LogP contribution in [0.4, 0.5) is 0 Å². The molecular weight excluding hydrogens is 532 g/mol. The molecule has 0 bridgehead atoms. The van der Waals surface area contributed by atoms with E-state index in [1.165, 1.54) is 22.3 Å². The Hall–Kier alpha value is -4.44. The van der Waals surface area contributed by atoms with E-state index in [2.05, 4.69) is 92.8 Å². The maximum atomic E-state index is 7.47. The molecule has 4 nitrogen and oxygen atoms in total. The summed E-state index contributed by atoms with van der Waals surface area (Å²) in [6, 6.07) is 21.4. The Balaban J connectivity index is 1.59. The highest BCUT2D eigenvalue weighted by molar-refractivity contribution is 6.09. The third-order valence-electron chi connectivity index (χ3n) is 9.89. The molecule has 0 fully saturated rings. The number of hydrogen-bond donors (Lipinski definition) is 0. The van der Waals surface area contributed by atoms with Crippen molar-refractivity contribution in [2.24, 2.45) is 0 Å². The first-order valence-electron chi connectivity index (χ1n) is 15.3. The molecule has 0 saturated heterocycles. The molecule has 1 atom stereocenters. The molecule has 218 valence electrons. The number of rotatable bonds is 7. The van der Waals surface area contributed by atoms with Gasteiger partial charge in [-0.2, -0.15) is 0 Å². The summed E-state index contributed by atoms with van der Waals surface area (Å²) < 4.78 is 24.7. The molecule has 1 heterocycles. The number of allylic oxidation sites excluding steroid dienone is 2. The van der Waals surface area contributed by atoms with Gasteiger partial charge in [0, 0.05) is 21.9 Å². The Morgan fingerprint density at radius 1 is 0.791 bits per heavy atom. The van der Waals surface area contributed by atoms with Crippen LogP contribution < -0.4 is 18.9 Å². The monoisotopic (exact) mass is 570 g/mol. The normalized spacial score (nSPS) is 19.2. The molecule has 2 aliphatic carbocycles. The van der Waals surface area contributed by atoms with Crippen molar-refractivity contribution in [3.8, 4) is 34.1 Å². The van der Waals surface area contributed by atoms with E-state index in [0.29, 0.717) is 11.5 Å². The van der Waals surface area contributed by atoms with E-state index in [1.807, 2.05) is 12.1 Å². The van der Waals surface area contributed by atoms with Gasteiger partial charge in [-0.25, -0.2) is 0 Å². The molecule has 7 rings (SSSR count). The van der Waals surface area contributed by atoms with Gasteiger partial charge >= 0.3 is 0 Å². The number of ether oxygens (including phenoxy) is 4. The van der Waals surface area contributed by atoms with Crippen LogP contribution in [0.15, 0.2) is 90.5 Å². The van der Waals surface area contributed by atoms with Crippen molar-refractivity contribution in [1.82, 2.24) is 0 Å². The van der Waals surface area contributed by atoms with Crippen LogP contribution in [0.5, 0.6) is 23.0 Å². The second-order valence-electron chi connectivity index (χ2n) is 11.6. The second kappa shape index (κ2) is 10.4. The third kappa shape index (κ3) is 3.82. The standard InChI is InChI=1S/C39H38O4/c1-6-38(7-2)32-16-12-11-15-28(32)35-30-23-33(41-4)34(42-5)24-31(30)37-29(36(35)38)21-22-39(43-37,25-13-9-8-10-14-25)26-17-19-27(40-3)20-18-26/h9,11-24H,6-8,10H2,1-5H3. The molecule has 3 aliphatic rings. The van der Waals surface area contributed by atoms with Crippen LogP contribution in [-0.4, -0.2) is 21.3 Å². The maximum absolute atomic E-state index is 7.47. The number of fused-ring (bicyclic) bond motifs is 8. The van der Waals surface area contributed by atoms with Crippen LogP contribution in [-0.2, 0) is 11.0 Å². The van der Waals surface area contributed by atoms with Crippen molar-refractivity contribution in [3.05, 3.63) is 113 Å². The molecule has 4 aromatic carbocycles. The summed E-state index contributed by atoms with van der Waals surface area (Å²) in [5.41, 5.74) is 7.73.